The van der Waals surface area contributed by atoms with Gasteiger partial charge in [-0.2, -0.15) is 0 Å². The van der Waals surface area contributed by atoms with Crippen LogP contribution in [-0.2, 0) is 0 Å². The molecule has 4 aliphatic carbocycles. The summed E-state index contributed by atoms with van der Waals surface area (Å²) in [6.07, 6.45) is 33.6. The average molecular weight is 797 g/mol. The Morgan fingerprint density at radius 3 is 1.95 bits per heavy atom. The Morgan fingerprint density at radius 2 is 1.21 bits per heavy atom. The molecule has 0 N–H and O–H groups in total. The Morgan fingerprint density at radius 1 is 0.484 bits per heavy atom. The van der Waals surface area contributed by atoms with Gasteiger partial charge < -0.3 is 0 Å². The number of hydrogen-bond acceptors (Lipinski definition) is 2. The molecule has 298 valence electrons. The fourth-order valence-electron chi connectivity index (χ4n) is 9.70. The van der Waals surface area contributed by atoms with Crippen molar-refractivity contribution in [1.29, 1.82) is 0 Å². The first-order valence-corrected chi connectivity index (χ1v) is 22.3. The number of hydrogen-bond donors (Lipinski definition) is 0. The van der Waals surface area contributed by atoms with Crippen LogP contribution >= 0.6 is 0 Å². The molecule has 62 heavy (non-hydrogen) atoms. The minimum absolute atomic E-state index is 0.245. The van der Waals surface area contributed by atoms with Gasteiger partial charge in [0.15, 0.2) is 0 Å². The molecule has 0 spiro atoms. The van der Waals surface area contributed by atoms with Gasteiger partial charge in [0.25, 0.3) is 0 Å². The molecule has 7 aromatic rings. The number of pyridine rings is 2. The fraction of sp³-hybridized carbons (Fsp3) is 0.133. The van der Waals surface area contributed by atoms with E-state index in [9.17, 15) is 0 Å². The lowest BCUT2D eigenvalue weighted by molar-refractivity contribution is 0.822. The summed E-state index contributed by atoms with van der Waals surface area (Å²) in [5.74, 6) is 0.521. The minimum atomic E-state index is 0.245. The second-order valence-corrected chi connectivity index (χ2v) is 17.0. The van der Waals surface area contributed by atoms with Gasteiger partial charge in [0.2, 0.25) is 0 Å². The third-order valence-corrected chi connectivity index (χ3v) is 13.2. The number of allylic oxidation sites excluding steroid dienone is 16. The van der Waals surface area contributed by atoms with Crippen LogP contribution < -0.4 is 0 Å². The molecule has 4 aliphatic rings. The van der Waals surface area contributed by atoms with E-state index >= 15 is 0 Å². The van der Waals surface area contributed by atoms with Gasteiger partial charge in [0.05, 0.1) is 16.9 Å². The Hall–Kier alpha value is -7.16. The zero-order valence-electron chi connectivity index (χ0n) is 34.9. The molecule has 0 fully saturated rings. The normalized spacial score (nSPS) is 18.4. The molecule has 2 heteroatoms. The molecule has 2 nitrogen and oxygen atoms in total. The molecule has 2 heterocycles. The van der Waals surface area contributed by atoms with Crippen molar-refractivity contribution in [2.75, 3.05) is 0 Å². The maximum atomic E-state index is 5.37. The Balaban J connectivity index is 0.938. The van der Waals surface area contributed by atoms with Crippen LogP contribution in [0.25, 0.3) is 66.3 Å². The first-order chi connectivity index (χ1) is 30.7. The van der Waals surface area contributed by atoms with Gasteiger partial charge in [-0.05, 0) is 135 Å². The molecule has 0 radical (unpaired) electrons. The molecule has 2 unspecified atom stereocenters. The summed E-state index contributed by atoms with van der Waals surface area (Å²) >= 11 is 0. The van der Waals surface area contributed by atoms with E-state index < -0.39 is 0 Å². The zero-order chi connectivity index (χ0) is 41.2. The minimum Gasteiger partial charge on any atom is -0.252 e. The summed E-state index contributed by atoms with van der Waals surface area (Å²) in [6, 6.07) is 48.8. The van der Waals surface area contributed by atoms with Crippen molar-refractivity contribution in [3.05, 3.63) is 240 Å². The van der Waals surface area contributed by atoms with Crippen LogP contribution in [0.1, 0.15) is 72.9 Å². The van der Waals surface area contributed by atoms with Gasteiger partial charge in [-0.3, -0.25) is 4.98 Å². The summed E-state index contributed by atoms with van der Waals surface area (Å²) in [5.41, 5.74) is 18.4. The average Bonchev–Trinajstić information content (AvgIpc) is 3.37. The Labute approximate surface area is 365 Å². The predicted molar refractivity (Wildman–Crippen MR) is 262 cm³/mol. The van der Waals surface area contributed by atoms with Gasteiger partial charge in [0.1, 0.15) is 0 Å². The van der Waals surface area contributed by atoms with E-state index in [0.29, 0.717) is 0 Å². The predicted octanol–water partition coefficient (Wildman–Crippen LogP) is 15.9. The zero-order valence-corrected chi connectivity index (χ0v) is 34.9. The van der Waals surface area contributed by atoms with Gasteiger partial charge in [-0.15, -0.1) is 0 Å². The maximum Gasteiger partial charge on any atom is 0.0718 e. The molecule has 0 saturated heterocycles. The second-order valence-electron chi connectivity index (χ2n) is 17.0. The summed E-state index contributed by atoms with van der Waals surface area (Å²) in [6.45, 7) is 0. The standard InChI is InChI=1S/C60H48N2/c1-5-13-41(14-6-1)43-25-30-50(31-26-43)57-38-53(39-58(62-57)51-32-27-44(28-33-51)42-15-7-2-8-16-42)46-23-21-45(22-24-46)52-34-29-48-35-36-56-60(54(48)37-52)55(47-17-9-3-10-18-47)40-59(61-56)49-19-11-4-12-20-49/h1-7,9-15,17-19,21-23,25-27,29-32,34-40,46,49H,8,16,20,24,28,33H2. The van der Waals surface area contributed by atoms with Crippen molar-refractivity contribution >= 4 is 32.8 Å². The van der Waals surface area contributed by atoms with E-state index in [1.807, 2.05) is 0 Å². The largest absolute Gasteiger partial charge is 0.252 e. The smallest absolute Gasteiger partial charge is 0.0718 e. The number of rotatable bonds is 8. The molecule has 5 aromatic carbocycles. The van der Waals surface area contributed by atoms with E-state index in [-0.39, 0.29) is 11.8 Å². The topological polar surface area (TPSA) is 25.8 Å². The van der Waals surface area contributed by atoms with E-state index in [2.05, 4.69) is 206 Å². The van der Waals surface area contributed by atoms with Crippen molar-refractivity contribution in [3.63, 3.8) is 0 Å². The lowest BCUT2D eigenvalue weighted by Gasteiger charge is -2.21. The third kappa shape index (κ3) is 7.58. The van der Waals surface area contributed by atoms with Gasteiger partial charge in [-0.1, -0.05) is 176 Å². The number of fused-ring (bicyclic) bond motifs is 3. The molecule has 2 aromatic heterocycles. The number of nitrogens with zero attached hydrogens (tertiary/aromatic N) is 2. The molecule has 11 rings (SSSR count). The van der Waals surface area contributed by atoms with Crippen LogP contribution in [-0.4, -0.2) is 9.97 Å². The van der Waals surface area contributed by atoms with Crippen molar-refractivity contribution in [1.82, 2.24) is 9.97 Å². The van der Waals surface area contributed by atoms with E-state index in [1.54, 1.807) is 0 Å². The highest BCUT2D eigenvalue weighted by Crippen LogP contribution is 2.41. The van der Waals surface area contributed by atoms with Crippen LogP contribution in [0.3, 0.4) is 0 Å². The van der Waals surface area contributed by atoms with Crippen LogP contribution in [0.4, 0.5) is 0 Å². The molecular weight excluding hydrogens is 749 g/mol. The summed E-state index contributed by atoms with van der Waals surface area (Å²) < 4.78 is 0. The highest BCUT2D eigenvalue weighted by atomic mass is 14.7. The summed E-state index contributed by atoms with van der Waals surface area (Å²) in [7, 11) is 0. The number of aromatic nitrogens is 2. The Kier molecular flexibility index (Phi) is 10.2. The third-order valence-electron chi connectivity index (χ3n) is 13.2. The van der Waals surface area contributed by atoms with Crippen molar-refractivity contribution < 1.29 is 0 Å². The quantitative estimate of drug-likeness (QED) is 0.143. The number of benzene rings is 5. The van der Waals surface area contributed by atoms with Crippen LogP contribution in [0, 0.1) is 0 Å². The molecular formula is C60H48N2. The van der Waals surface area contributed by atoms with Crippen molar-refractivity contribution in [3.8, 4) is 33.5 Å². The molecule has 0 aliphatic heterocycles. The summed E-state index contributed by atoms with van der Waals surface area (Å²) in [5, 5.41) is 3.68. The van der Waals surface area contributed by atoms with Crippen LogP contribution in [0.15, 0.2) is 218 Å². The van der Waals surface area contributed by atoms with E-state index in [0.717, 1.165) is 66.7 Å². The Bertz CT molecular complexity index is 3100. The SMILES string of the molecule is C1=CCCC(C2=CC=C(c3cc(C4C=CC(c5ccc6ccc7nc(C8C=CC=CC8)cc(-c8ccccc8)c7c6c5)=CC4)cc(-c4ccc(-c5ccccc5)cc4)n3)CC2)=C1. The molecule has 2 atom stereocenters. The molecule has 0 bridgehead atoms. The van der Waals surface area contributed by atoms with Gasteiger partial charge in [-0.25, -0.2) is 4.98 Å². The maximum absolute atomic E-state index is 5.37. The molecule has 0 saturated carbocycles. The van der Waals surface area contributed by atoms with Crippen LogP contribution in [0.5, 0.6) is 0 Å². The first kappa shape index (κ1) is 37.8. The van der Waals surface area contributed by atoms with E-state index in [1.165, 1.54) is 71.8 Å². The van der Waals surface area contributed by atoms with Crippen molar-refractivity contribution in [2.24, 2.45) is 0 Å². The lowest BCUT2D eigenvalue weighted by atomic mass is 9.85. The van der Waals surface area contributed by atoms with Gasteiger partial charge >= 0.3 is 0 Å². The first-order valence-electron chi connectivity index (χ1n) is 22.3. The van der Waals surface area contributed by atoms with E-state index in [4.69, 9.17) is 9.97 Å². The van der Waals surface area contributed by atoms with Crippen LogP contribution in [0.2, 0.25) is 0 Å². The monoisotopic (exact) mass is 796 g/mol. The molecule has 0 amide bonds. The lowest BCUT2D eigenvalue weighted by Crippen LogP contribution is -2.04. The fourth-order valence-corrected chi connectivity index (χ4v) is 9.70. The van der Waals surface area contributed by atoms with Crippen molar-refractivity contribution in [2.45, 2.75) is 50.4 Å². The summed E-state index contributed by atoms with van der Waals surface area (Å²) in [4.78, 5) is 10.7. The highest BCUT2D eigenvalue weighted by Gasteiger charge is 2.21. The van der Waals surface area contributed by atoms with Gasteiger partial charge in [0, 0.05) is 28.5 Å². The highest BCUT2D eigenvalue weighted by molar-refractivity contribution is 6.14. The second kappa shape index (κ2) is 16.7.